The monoisotopic (exact) mass is 181 g/mol. The Bertz CT molecular complexity index is 243. The zero-order valence-electron chi connectivity index (χ0n) is 7.94. The summed E-state index contributed by atoms with van der Waals surface area (Å²) in [4.78, 5) is 15.0. The van der Waals surface area contributed by atoms with Crippen LogP contribution >= 0.6 is 0 Å². The van der Waals surface area contributed by atoms with E-state index >= 15 is 0 Å². The van der Waals surface area contributed by atoms with Gasteiger partial charge in [0.2, 0.25) is 5.91 Å². The number of hydrogen-bond acceptors (Lipinski definition) is 3. The summed E-state index contributed by atoms with van der Waals surface area (Å²) in [5.41, 5.74) is 0. The van der Waals surface area contributed by atoms with E-state index in [-0.39, 0.29) is 5.91 Å². The summed E-state index contributed by atoms with van der Waals surface area (Å²) in [5.74, 6) is 0.0357. The lowest BCUT2D eigenvalue weighted by Gasteiger charge is -1.98. The first-order valence-electron chi connectivity index (χ1n) is 4.72. The molecular weight excluding hydrogens is 166 g/mol. The van der Waals surface area contributed by atoms with Crippen LogP contribution in [0, 0.1) is 0 Å². The zero-order valence-corrected chi connectivity index (χ0v) is 7.94. The highest BCUT2D eigenvalue weighted by Gasteiger charge is 2.03. The van der Waals surface area contributed by atoms with E-state index in [2.05, 4.69) is 17.0 Å². The van der Waals surface area contributed by atoms with E-state index in [1.165, 1.54) is 30.2 Å². The van der Waals surface area contributed by atoms with Gasteiger partial charge in [0, 0.05) is 6.42 Å². The lowest BCUT2D eigenvalue weighted by atomic mass is 10.1. The van der Waals surface area contributed by atoms with Gasteiger partial charge < -0.3 is 0 Å². The number of rotatable bonds is 5. The van der Waals surface area contributed by atoms with Crippen molar-refractivity contribution in [3.8, 4) is 0 Å². The van der Waals surface area contributed by atoms with E-state index in [0.717, 1.165) is 12.8 Å². The molecule has 72 valence electrons. The molecule has 1 rings (SSSR count). The van der Waals surface area contributed by atoms with Crippen LogP contribution in [0.3, 0.4) is 0 Å². The Morgan fingerprint density at radius 1 is 1.38 bits per heavy atom. The maximum Gasteiger partial charge on any atom is 0.248 e. The molecule has 0 unspecified atom stereocenters. The maximum absolute atomic E-state index is 11.3. The van der Waals surface area contributed by atoms with Crippen LogP contribution in [0.25, 0.3) is 0 Å². The van der Waals surface area contributed by atoms with E-state index < -0.39 is 0 Å². The van der Waals surface area contributed by atoms with E-state index in [0.29, 0.717) is 6.42 Å². The Hall–Kier alpha value is -1.19. The summed E-state index contributed by atoms with van der Waals surface area (Å²) in [7, 11) is 0. The van der Waals surface area contributed by atoms with Crippen molar-refractivity contribution < 1.29 is 4.79 Å². The third-order valence-corrected chi connectivity index (χ3v) is 1.92. The molecule has 1 aromatic heterocycles. The molecule has 13 heavy (non-hydrogen) atoms. The lowest BCUT2D eigenvalue weighted by molar-refractivity contribution is 0.0882. The van der Waals surface area contributed by atoms with Gasteiger partial charge >= 0.3 is 0 Å². The Morgan fingerprint density at radius 3 is 2.85 bits per heavy atom. The number of aromatic nitrogens is 3. The average molecular weight is 181 g/mol. The number of nitrogens with zero attached hydrogens (tertiary/aromatic N) is 3. The molecule has 4 heteroatoms. The summed E-state index contributed by atoms with van der Waals surface area (Å²) in [6.45, 7) is 2.15. The maximum atomic E-state index is 11.3. The van der Waals surface area contributed by atoms with Crippen molar-refractivity contribution in [2.75, 3.05) is 0 Å². The van der Waals surface area contributed by atoms with Crippen molar-refractivity contribution in [2.45, 2.75) is 39.0 Å². The Labute approximate surface area is 78.0 Å². The molecule has 0 fully saturated rings. The lowest BCUT2D eigenvalue weighted by Crippen LogP contribution is -2.10. The van der Waals surface area contributed by atoms with Crippen molar-refractivity contribution in [1.82, 2.24) is 14.8 Å². The fourth-order valence-electron chi connectivity index (χ4n) is 1.15. The second kappa shape index (κ2) is 5.45. The average Bonchev–Trinajstić information content (AvgIpc) is 2.65. The van der Waals surface area contributed by atoms with Crippen molar-refractivity contribution in [1.29, 1.82) is 0 Å². The minimum Gasteiger partial charge on any atom is -0.273 e. The van der Waals surface area contributed by atoms with Crippen LogP contribution in [0.4, 0.5) is 0 Å². The standard InChI is InChI=1S/C9H15N3O/c1-2-3-4-5-6-9(13)12-8-10-7-11-12/h7-8H,2-6H2,1H3. The number of carbonyl (C=O) groups is 1. The minimum atomic E-state index is 0.0357. The van der Waals surface area contributed by atoms with Crippen LogP contribution in [0.5, 0.6) is 0 Å². The molecular formula is C9H15N3O. The molecule has 0 spiro atoms. The van der Waals surface area contributed by atoms with Gasteiger partial charge in [-0.05, 0) is 6.42 Å². The molecule has 0 amide bonds. The summed E-state index contributed by atoms with van der Waals surface area (Å²) >= 11 is 0. The largest absolute Gasteiger partial charge is 0.273 e. The van der Waals surface area contributed by atoms with Crippen LogP contribution in [0.1, 0.15) is 43.8 Å². The summed E-state index contributed by atoms with van der Waals surface area (Å²) in [6.07, 6.45) is 7.86. The third kappa shape index (κ3) is 3.36. The second-order valence-corrected chi connectivity index (χ2v) is 3.04. The molecule has 4 nitrogen and oxygen atoms in total. The van der Waals surface area contributed by atoms with Crippen molar-refractivity contribution in [3.63, 3.8) is 0 Å². The summed E-state index contributed by atoms with van der Waals surface area (Å²) in [5, 5.41) is 3.77. The minimum absolute atomic E-state index is 0.0357. The first kappa shape index (κ1) is 9.89. The SMILES string of the molecule is CCCCCCC(=O)n1cncn1. The smallest absolute Gasteiger partial charge is 0.248 e. The van der Waals surface area contributed by atoms with Crippen LogP contribution in [0.2, 0.25) is 0 Å². The predicted molar refractivity (Wildman–Crippen MR) is 49.4 cm³/mol. The molecule has 0 saturated carbocycles. The van der Waals surface area contributed by atoms with Crippen LogP contribution in [0.15, 0.2) is 12.7 Å². The first-order chi connectivity index (χ1) is 6.34. The Morgan fingerprint density at radius 2 is 2.23 bits per heavy atom. The molecule has 1 heterocycles. The number of carbonyl (C=O) groups excluding carboxylic acids is 1. The molecule has 0 aliphatic carbocycles. The molecule has 0 aliphatic heterocycles. The number of unbranched alkanes of at least 4 members (excludes halogenated alkanes) is 3. The van der Waals surface area contributed by atoms with Gasteiger partial charge in [0.25, 0.3) is 0 Å². The van der Waals surface area contributed by atoms with Crippen LogP contribution in [-0.4, -0.2) is 20.7 Å². The van der Waals surface area contributed by atoms with E-state index in [1.807, 2.05) is 0 Å². The highest BCUT2D eigenvalue weighted by atomic mass is 16.2. The molecule has 0 aromatic carbocycles. The molecule has 0 saturated heterocycles. The fraction of sp³-hybridized carbons (Fsp3) is 0.667. The van der Waals surface area contributed by atoms with Gasteiger partial charge in [-0.1, -0.05) is 26.2 Å². The highest BCUT2D eigenvalue weighted by Crippen LogP contribution is 2.03. The Balaban J connectivity index is 2.19. The van der Waals surface area contributed by atoms with Gasteiger partial charge in [-0.15, -0.1) is 0 Å². The molecule has 0 radical (unpaired) electrons. The van der Waals surface area contributed by atoms with E-state index in [4.69, 9.17) is 0 Å². The zero-order chi connectivity index (χ0) is 9.52. The van der Waals surface area contributed by atoms with Gasteiger partial charge in [-0.3, -0.25) is 4.79 Å². The molecule has 0 bridgehead atoms. The predicted octanol–water partition coefficient (Wildman–Crippen LogP) is 1.89. The van der Waals surface area contributed by atoms with Gasteiger partial charge in [-0.25, -0.2) is 4.98 Å². The quantitative estimate of drug-likeness (QED) is 0.652. The van der Waals surface area contributed by atoms with E-state index in [1.54, 1.807) is 0 Å². The third-order valence-electron chi connectivity index (χ3n) is 1.92. The van der Waals surface area contributed by atoms with Crippen LogP contribution in [-0.2, 0) is 0 Å². The highest BCUT2D eigenvalue weighted by molar-refractivity contribution is 5.77. The normalized spacial score (nSPS) is 10.2. The number of hydrogen-bond donors (Lipinski definition) is 0. The molecule has 0 aliphatic rings. The fourth-order valence-corrected chi connectivity index (χ4v) is 1.15. The molecule has 0 atom stereocenters. The van der Waals surface area contributed by atoms with Crippen molar-refractivity contribution in [2.24, 2.45) is 0 Å². The second-order valence-electron chi connectivity index (χ2n) is 3.04. The van der Waals surface area contributed by atoms with Crippen molar-refractivity contribution in [3.05, 3.63) is 12.7 Å². The van der Waals surface area contributed by atoms with E-state index in [9.17, 15) is 4.79 Å². The first-order valence-corrected chi connectivity index (χ1v) is 4.72. The van der Waals surface area contributed by atoms with Crippen LogP contribution < -0.4 is 0 Å². The van der Waals surface area contributed by atoms with Gasteiger partial charge in [0.15, 0.2) is 0 Å². The van der Waals surface area contributed by atoms with Gasteiger partial charge in [0.1, 0.15) is 12.7 Å². The molecule has 0 N–H and O–H groups in total. The Kier molecular flexibility index (Phi) is 4.15. The van der Waals surface area contributed by atoms with Gasteiger partial charge in [-0.2, -0.15) is 9.78 Å². The summed E-state index contributed by atoms with van der Waals surface area (Å²) < 4.78 is 1.30. The molecule has 1 aromatic rings. The van der Waals surface area contributed by atoms with Gasteiger partial charge in [0.05, 0.1) is 0 Å². The topological polar surface area (TPSA) is 47.8 Å². The van der Waals surface area contributed by atoms with Crippen molar-refractivity contribution >= 4 is 5.91 Å². The summed E-state index contributed by atoms with van der Waals surface area (Å²) in [6, 6.07) is 0.